The number of benzene rings is 1. The fraction of sp³-hybridized carbons (Fsp3) is 0.600. The summed E-state index contributed by atoms with van der Waals surface area (Å²) < 4.78 is 21.7. The first-order chi connectivity index (χ1) is 10.7. The molecule has 0 fully saturated rings. The molecule has 1 aromatic rings. The van der Waals surface area contributed by atoms with Crippen molar-refractivity contribution >= 4 is 27.1 Å². The van der Waals surface area contributed by atoms with Crippen LogP contribution in [0.15, 0.2) is 30.3 Å². The van der Waals surface area contributed by atoms with Gasteiger partial charge in [-0.3, -0.25) is 0 Å². The van der Waals surface area contributed by atoms with Crippen molar-refractivity contribution in [2.75, 3.05) is 46.4 Å². The summed E-state index contributed by atoms with van der Waals surface area (Å²) in [6.45, 7) is 2.01. The lowest BCUT2D eigenvalue weighted by molar-refractivity contribution is 0.108. The number of hydrogen-bond donors (Lipinski definition) is 2. The second-order valence-corrected chi connectivity index (χ2v) is 8.70. The van der Waals surface area contributed by atoms with E-state index in [9.17, 15) is 0 Å². The zero-order valence-corrected chi connectivity index (χ0v) is 15.5. The highest BCUT2D eigenvalue weighted by Gasteiger charge is 2.36. The van der Waals surface area contributed by atoms with Gasteiger partial charge in [-0.15, -0.1) is 0 Å². The van der Waals surface area contributed by atoms with E-state index in [2.05, 4.69) is 17.9 Å². The Hall–Kier alpha value is -0.573. The molecule has 126 valence electrons. The summed E-state index contributed by atoms with van der Waals surface area (Å²) in [6.07, 6.45) is 0.842. The maximum absolute atomic E-state index is 5.65. The highest BCUT2D eigenvalue weighted by Crippen LogP contribution is 2.15. The number of hydrogen-bond acceptors (Lipinski definition) is 6. The summed E-state index contributed by atoms with van der Waals surface area (Å²) in [5.41, 5.74) is 1.10. The average Bonchev–Trinajstić information content (AvgIpc) is 2.58. The Balaban J connectivity index is 2.11. The molecule has 1 atom stereocenters. The monoisotopic (exact) mass is 345 g/mol. The van der Waals surface area contributed by atoms with Crippen LogP contribution < -0.4 is 5.32 Å². The Bertz CT molecular complexity index is 384. The van der Waals surface area contributed by atoms with Crippen LogP contribution in [-0.2, 0) is 18.0 Å². The molecule has 0 amide bonds. The smallest absolute Gasteiger partial charge is 0.384 e. The molecule has 0 saturated carbocycles. The Morgan fingerprint density at radius 3 is 2.32 bits per heavy atom. The van der Waals surface area contributed by atoms with Gasteiger partial charge in [0.15, 0.2) is 0 Å². The minimum atomic E-state index is -2.47. The lowest BCUT2D eigenvalue weighted by atomic mass is 10.3. The van der Waals surface area contributed by atoms with Crippen molar-refractivity contribution < 1.29 is 18.0 Å². The predicted molar refractivity (Wildman–Crippen MR) is 94.7 cm³/mol. The van der Waals surface area contributed by atoms with E-state index in [1.165, 1.54) is 0 Å². The van der Waals surface area contributed by atoms with Gasteiger partial charge >= 0.3 is 8.80 Å². The van der Waals surface area contributed by atoms with E-state index in [0.29, 0.717) is 13.2 Å². The van der Waals surface area contributed by atoms with Crippen molar-refractivity contribution in [1.82, 2.24) is 0 Å². The summed E-state index contributed by atoms with van der Waals surface area (Å²) in [5, 5.41) is 3.48. The van der Waals surface area contributed by atoms with Crippen molar-refractivity contribution in [1.29, 1.82) is 0 Å². The van der Waals surface area contributed by atoms with Gasteiger partial charge in [0.05, 0.1) is 6.61 Å². The molecule has 0 aliphatic carbocycles. The van der Waals surface area contributed by atoms with Crippen LogP contribution in [0.1, 0.15) is 6.42 Å². The van der Waals surface area contributed by atoms with Crippen LogP contribution in [0.3, 0.4) is 0 Å². The van der Waals surface area contributed by atoms with Gasteiger partial charge in [0.2, 0.25) is 0 Å². The highest BCUT2D eigenvalue weighted by molar-refractivity contribution is 7.81. The van der Waals surface area contributed by atoms with E-state index in [4.69, 9.17) is 18.0 Å². The van der Waals surface area contributed by atoms with Crippen LogP contribution in [-0.4, -0.2) is 55.1 Å². The molecule has 1 aromatic carbocycles. The van der Waals surface area contributed by atoms with Gasteiger partial charge in [-0.2, -0.15) is 12.6 Å². The van der Waals surface area contributed by atoms with Gasteiger partial charge in [0.1, 0.15) is 0 Å². The first kappa shape index (κ1) is 19.5. The van der Waals surface area contributed by atoms with E-state index in [1.807, 2.05) is 30.3 Å². The molecule has 0 bridgehead atoms. The molecule has 1 N–H and O–H groups in total. The molecule has 0 aliphatic heterocycles. The maximum Gasteiger partial charge on any atom is 0.500 e. The predicted octanol–water partition coefficient (Wildman–Crippen LogP) is 2.68. The van der Waals surface area contributed by atoms with Crippen LogP contribution in [0.25, 0.3) is 0 Å². The molecule has 22 heavy (non-hydrogen) atoms. The Morgan fingerprint density at radius 1 is 1.09 bits per heavy atom. The molecule has 0 aliphatic rings. The third-order valence-corrected chi connectivity index (χ3v) is 6.49. The standard InChI is InChI=1S/C15H27NO4SSi/c1-17-22(18-2,19-3)11-7-10-20-13-15(21)12-16-14-8-5-4-6-9-14/h4-6,8-9,15-16,21H,7,10-13H2,1-3H3. The second kappa shape index (κ2) is 11.0. The molecule has 0 saturated heterocycles. The molecule has 1 unspecified atom stereocenters. The van der Waals surface area contributed by atoms with E-state index in [1.54, 1.807) is 21.3 Å². The highest BCUT2D eigenvalue weighted by atomic mass is 32.1. The molecule has 0 radical (unpaired) electrons. The summed E-state index contributed by atoms with van der Waals surface area (Å²) in [5.74, 6) is 0. The number of para-hydroxylation sites is 1. The molecule has 1 rings (SSSR count). The number of rotatable bonds is 12. The summed E-state index contributed by atoms with van der Waals surface area (Å²) in [7, 11) is 2.41. The van der Waals surface area contributed by atoms with Gasteiger partial charge < -0.3 is 23.3 Å². The van der Waals surface area contributed by atoms with Crippen molar-refractivity contribution in [3.05, 3.63) is 30.3 Å². The average molecular weight is 346 g/mol. The van der Waals surface area contributed by atoms with Crippen LogP contribution in [0.2, 0.25) is 6.04 Å². The number of thiol groups is 1. The normalized spacial score (nSPS) is 13.1. The summed E-state index contributed by atoms with van der Waals surface area (Å²) >= 11 is 4.52. The van der Waals surface area contributed by atoms with Gasteiger partial charge in [-0.25, -0.2) is 0 Å². The van der Waals surface area contributed by atoms with Crippen LogP contribution in [0.4, 0.5) is 5.69 Å². The molecule has 0 spiro atoms. The largest absolute Gasteiger partial charge is 0.500 e. The molecule has 5 nitrogen and oxygen atoms in total. The summed E-state index contributed by atoms with van der Waals surface area (Å²) in [6, 6.07) is 10.8. The maximum atomic E-state index is 5.65. The lowest BCUT2D eigenvalue weighted by Gasteiger charge is -2.24. The van der Waals surface area contributed by atoms with Gasteiger partial charge in [0, 0.05) is 51.5 Å². The van der Waals surface area contributed by atoms with Crippen LogP contribution in [0.5, 0.6) is 0 Å². The fourth-order valence-corrected chi connectivity index (χ4v) is 3.90. The minimum Gasteiger partial charge on any atom is -0.384 e. The Labute approximate surface area is 140 Å². The Kier molecular flexibility index (Phi) is 9.77. The first-order valence-corrected chi connectivity index (χ1v) is 9.81. The number of ether oxygens (including phenoxy) is 1. The zero-order valence-electron chi connectivity index (χ0n) is 13.6. The van der Waals surface area contributed by atoms with Crippen LogP contribution >= 0.6 is 12.6 Å². The third-order valence-electron chi connectivity index (χ3n) is 3.33. The van der Waals surface area contributed by atoms with E-state index in [-0.39, 0.29) is 5.25 Å². The number of anilines is 1. The quantitative estimate of drug-likeness (QED) is 0.346. The van der Waals surface area contributed by atoms with E-state index in [0.717, 1.165) is 24.7 Å². The van der Waals surface area contributed by atoms with E-state index >= 15 is 0 Å². The van der Waals surface area contributed by atoms with E-state index < -0.39 is 8.80 Å². The minimum absolute atomic E-state index is 0.148. The molecule has 0 heterocycles. The van der Waals surface area contributed by atoms with Gasteiger partial charge in [-0.05, 0) is 18.6 Å². The molecular weight excluding hydrogens is 318 g/mol. The van der Waals surface area contributed by atoms with Gasteiger partial charge in [0.25, 0.3) is 0 Å². The van der Waals surface area contributed by atoms with Crippen molar-refractivity contribution in [3.8, 4) is 0 Å². The van der Waals surface area contributed by atoms with Crippen molar-refractivity contribution in [2.24, 2.45) is 0 Å². The lowest BCUT2D eigenvalue weighted by Crippen LogP contribution is -2.42. The first-order valence-electron chi connectivity index (χ1n) is 7.36. The van der Waals surface area contributed by atoms with Gasteiger partial charge in [-0.1, -0.05) is 18.2 Å². The Morgan fingerprint density at radius 2 is 1.73 bits per heavy atom. The number of nitrogens with one attached hydrogen (secondary N) is 1. The van der Waals surface area contributed by atoms with Crippen molar-refractivity contribution in [3.63, 3.8) is 0 Å². The zero-order chi connectivity index (χ0) is 16.3. The molecule has 0 aromatic heterocycles. The summed E-state index contributed by atoms with van der Waals surface area (Å²) in [4.78, 5) is 0. The fourth-order valence-electron chi connectivity index (χ4n) is 2.02. The third kappa shape index (κ3) is 7.13. The molecular formula is C15H27NO4SSi. The SMILES string of the molecule is CO[Si](CCCOCC(S)CNc1ccccc1)(OC)OC. The van der Waals surface area contributed by atoms with Crippen LogP contribution in [0, 0.1) is 0 Å². The molecule has 7 heteroatoms. The van der Waals surface area contributed by atoms with Crippen molar-refractivity contribution in [2.45, 2.75) is 17.7 Å². The topological polar surface area (TPSA) is 49.0 Å². The second-order valence-electron chi connectivity index (χ2n) is 4.87.